The molecule has 1 aliphatic rings. The molecule has 29 heavy (non-hydrogen) atoms. The van der Waals surface area contributed by atoms with Gasteiger partial charge in [0.25, 0.3) is 0 Å². The summed E-state index contributed by atoms with van der Waals surface area (Å²) in [5.41, 5.74) is 5.01. The maximum Gasteiger partial charge on any atom is 0.309 e. The minimum absolute atomic E-state index is 0.0159. The number of esters is 1. The molecule has 0 aliphatic carbocycles. The van der Waals surface area contributed by atoms with Crippen LogP contribution in [0.15, 0.2) is 48.5 Å². The molecule has 2 aromatic carbocycles. The highest BCUT2D eigenvalue weighted by Crippen LogP contribution is 2.36. The first kappa shape index (κ1) is 21.6. The van der Waals surface area contributed by atoms with Crippen LogP contribution in [0.5, 0.6) is 0 Å². The molecule has 0 spiro atoms. The molecule has 2 nitrogen and oxygen atoms in total. The quantitative estimate of drug-likeness (QED) is 0.290. The highest BCUT2D eigenvalue weighted by molar-refractivity contribution is 5.75. The van der Waals surface area contributed by atoms with Gasteiger partial charge in [0, 0.05) is 6.42 Å². The summed E-state index contributed by atoms with van der Waals surface area (Å²) in [7, 11) is 0. The average Bonchev–Trinajstić information content (AvgIpc) is 3.13. The number of carbonyl (C=O) groups is 1. The van der Waals surface area contributed by atoms with Crippen LogP contribution in [0.25, 0.3) is 11.1 Å². The molecule has 0 radical (unpaired) electrons. The van der Waals surface area contributed by atoms with Crippen LogP contribution in [0.4, 0.5) is 0 Å². The van der Waals surface area contributed by atoms with E-state index < -0.39 is 0 Å². The molecule has 2 unspecified atom stereocenters. The van der Waals surface area contributed by atoms with Gasteiger partial charge in [0.05, 0.1) is 5.92 Å². The molecule has 3 rings (SSSR count). The number of rotatable bonds is 11. The van der Waals surface area contributed by atoms with Crippen molar-refractivity contribution in [3.63, 3.8) is 0 Å². The fourth-order valence-corrected chi connectivity index (χ4v) is 4.22. The Morgan fingerprint density at radius 1 is 0.793 bits per heavy atom. The van der Waals surface area contributed by atoms with Crippen molar-refractivity contribution >= 4 is 5.97 Å². The standard InChI is InChI=1S/C27H36O2/c1-3-5-7-8-9-10-21-12-14-22(15-13-21)23-16-18-24(19-17-23)26-20-25(11-6-4-2)27(28)29-26/h12-19,25-26H,3-11,20H2,1-2H3. The maximum atomic E-state index is 12.1. The van der Waals surface area contributed by atoms with Gasteiger partial charge < -0.3 is 4.74 Å². The molecule has 1 saturated heterocycles. The summed E-state index contributed by atoms with van der Waals surface area (Å²) < 4.78 is 5.64. The summed E-state index contributed by atoms with van der Waals surface area (Å²) in [5, 5.41) is 0. The predicted octanol–water partition coefficient (Wildman–Crippen LogP) is 7.66. The van der Waals surface area contributed by atoms with Crippen LogP contribution in [-0.2, 0) is 16.0 Å². The summed E-state index contributed by atoms with van der Waals surface area (Å²) in [5.74, 6) is 0.0620. The van der Waals surface area contributed by atoms with E-state index in [-0.39, 0.29) is 18.0 Å². The number of aryl methyl sites for hydroxylation is 1. The van der Waals surface area contributed by atoms with Gasteiger partial charge in [0.15, 0.2) is 0 Å². The third-order valence-corrected chi connectivity index (χ3v) is 6.14. The Labute approximate surface area is 176 Å². The van der Waals surface area contributed by atoms with Crippen LogP contribution < -0.4 is 0 Å². The van der Waals surface area contributed by atoms with Crippen molar-refractivity contribution in [2.24, 2.45) is 5.92 Å². The Morgan fingerprint density at radius 3 is 2.07 bits per heavy atom. The van der Waals surface area contributed by atoms with Crippen molar-refractivity contribution in [3.05, 3.63) is 59.7 Å². The number of cyclic esters (lactones) is 1. The molecule has 0 bridgehead atoms. The van der Waals surface area contributed by atoms with Gasteiger partial charge in [0.1, 0.15) is 6.10 Å². The molecule has 1 heterocycles. The molecule has 1 fully saturated rings. The first-order chi connectivity index (χ1) is 14.2. The van der Waals surface area contributed by atoms with Crippen molar-refractivity contribution < 1.29 is 9.53 Å². The Balaban J connectivity index is 1.54. The fourth-order valence-electron chi connectivity index (χ4n) is 4.22. The second-order valence-corrected chi connectivity index (χ2v) is 8.48. The molecule has 1 aliphatic heterocycles. The molecule has 0 aromatic heterocycles. The van der Waals surface area contributed by atoms with Gasteiger partial charge >= 0.3 is 5.97 Å². The lowest BCUT2D eigenvalue weighted by molar-refractivity contribution is -0.144. The molecule has 0 amide bonds. The maximum absolute atomic E-state index is 12.1. The van der Waals surface area contributed by atoms with Crippen molar-refractivity contribution in [2.75, 3.05) is 0 Å². The summed E-state index contributed by atoms with van der Waals surface area (Å²) in [6, 6.07) is 17.5. The third kappa shape index (κ3) is 6.19. The first-order valence-corrected chi connectivity index (χ1v) is 11.6. The smallest absolute Gasteiger partial charge is 0.309 e. The third-order valence-electron chi connectivity index (χ3n) is 6.14. The molecule has 2 aromatic rings. The van der Waals surface area contributed by atoms with Crippen molar-refractivity contribution in [1.82, 2.24) is 0 Å². The lowest BCUT2D eigenvalue weighted by atomic mass is 9.94. The Morgan fingerprint density at radius 2 is 1.41 bits per heavy atom. The number of hydrogen-bond acceptors (Lipinski definition) is 2. The Bertz CT molecular complexity index is 745. The summed E-state index contributed by atoms with van der Waals surface area (Å²) in [4.78, 5) is 12.1. The normalized spacial score (nSPS) is 18.8. The van der Waals surface area contributed by atoms with Gasteiger partial charge in [-0.25, -0.2) is 0 Å². The van der Waals surface area contributed by atoms with E-state index >= 15 is 0 Å². The predicted molar refractivity (Wildman–Crippen MR) is 121 cm³/mol. The number of ether oxygens (including phenoxy) is 1. The summed E-state index contributed by atoms with van der Waals surface area (Å²) in [6.45, 7) is 4.42. The number of benzene rings is 2. The zero-order valence-electron chi connectivity index (χ0n) is 18.2. The highest BCUT2D eigenvalue weighted by Gasteiger charge is 2.34. The average molecular weight is 393 g/mol. The summed E-state index contributed by atoms with van der Waals surface area (Å²) >= 11 is 0. The fraction of sp³-hybridized carbons (Fsp3) is 0.519. The van der Waals surface area contributed by atoms with E-state index in [0.717, 1.165) is 31.2 Å². The SMILES string of the molecule is CCCCCCCc1ccc(-c2ccc(C3CC(CCCC)C(=O)O3)cc2)cc1. The molecular formula is C27H36O2. The van der Waals surface area contributed by atoms with Crippen LogP contribution in [0.1, 0.15) is 88.9 Å². The zero-order valence-corrected chi connectivity index (χ0v) is 18.2. The van der Waals surface area contributed by atoms with E-state index in [1.165, 1.54) is 55.2 Å². The molecule has 156 valence electrons. The topological polar surface area (TPSA) is 26.3 Å². The van der Waals surface area contributed by atoms with Crippen LogP contribution in [0.3, 0.4) is 0 Å². The molecule has 0 saturated carbocycles. The van der Waals surface area contributed by atoms with E-state index in [2.05, 4.69) is 62.4 Å². The molecule has 2 atom stereocenters. The second kappa shape index (κ2) is 11.2. The van der Waals surface area contributed by atoms with Crippen LogP contribution >= 0.6 is 0 Å². The monoisotopic (exact) mass is 392 g/mol. The van der Waals surface area contributed by atoms with Crippen LogP contribution in [0.2, 0.25) is 0 Å². The Hall–Kier alpha value is -2.09. The largest absolute Gasteiger partial charge is 0.457 e. The van der Waals surface area contributed by atoms with Crippen LogP contribution in [0, 0.1) is 5.92 Å². The summed E-state index contributed by atoms with van der Waals surface area (Å²) in [6.07, 6.45) is 11.7. The Kier molecular flexibility index (Phi) is 8.34. The van der Waals surface area contributed by atoms with Gasteiger partial charge in [-0.15, -0.1) is 0 Å². The lowest BCUT2D eigenvalue weighted by Gasteiger charge is -2.11. The van der Waals surface area contributed by atoms with E-state index in [1.54, 1.807) is 0 Å². The van der Waals surface area contributed by atoms with E-state index in [1.807, 2.05) is 0 Å². The van der Waals surface area contributed by atoms with E-state index in [4.69, 9.17) is 4.74 Å². The number of hydrogen-bond donors (Lipinski definition) is 0. The van der Waals surface area contributed by atoms with Gasteiger partial charge in [-0.2, -0.15) is 0 Å². The first-order valence-electron chi connectivity index (χ1n) is 11.6. The van der Waals surface area contributed by atoms with Gasteiger partial charge in [-0.3, -0.25) is 4.79 Å². The van der Waals surface area contributed by atoms with Gasteiger partial charge in [-0.05, 0) is 41.5 Å². The zero-order chi connectivity index (χ0) is 20.5. The molecular weight excluding hydrogens is 356 g/mol. The van der Waals surface area contributed by atoms with E-state index in [0.29, 0.717) is 0 Å². The second-order valence-electron chi connectivity index (χ2n) is 8.48. The molecule has 2 heteroatoms. The van der Waals surface area contributed by atoms with Crippen molar-refractivity contribution in [1.29, 1.82) is 0 Å². The van der Waals surface area contributed by atoms with Crippen molar-refractivity contribution in [2.45, 2.75) is 84.2 Å². The van der Waals surface area contributed by atoms with Crippen LogP contribution in [-0.4, -0.2) is 5.97 Å². The number of carbonyl (C=O) groups excluding carboxylic acids is 1. The lowest BCUT2D eigenvalue weighted by Crippen LogP contribution is -2.06. The van der Waals surface area contributed by atoms with Crippen molar-refractivity contribution in [3.8, 4) is 11.1 Å². The minimum Gasteiger partial charge on any atom is -0.457 e. The van der Waals surface area contributed by atoms with Gasteiger partial charge in [-0.1, -0.05) is 101 Å². The minimum atomic E-state index is -0.0755. The molecule has 0 N–H and O–H groups in total. The van der Waals surface area contributed by atoms with E-state index in [9.17, 15) is 4.79 Å². The number of unbranched alkanes of at least 4 members (excludes halogenated alkanes) is 5. The highest BCUT2D eigenvalue weighted by atomic mass is 16.5. The van der Waals surface area contributed by atoms with Gasteiger partial charge in [0.2, 0.25) is 0 Å².